The Morgan fingerprint density at radius 2 is 1.72 bits per heavy atom. The minimum Gasteiger partial charge on any atom is -0.482 e. The second-order valence-electron chi connectivity index (χ2n) is 8.27. The number of hydrogen-bond donors (Lipinski definition) is 1. The SMILES string of the molecule is CC(C)N1C(=O)COc2ccc(NC(=O)c3ccc(S(=O)(=O)N4CCCCC4)cc3)cc21. The van der Waals surface area contributed by atoms with E-state index in [1.165, 1.54) is 28.6 Å². The number of fused-ring (bicyclic) bond motifs is 1. The largest absolute Gasteiger partial charge is 0.482 e. The highest BCUT2D eigenvalue weighted by Gasteiger charge is 2.28. The summed E-state index contributed by atoms with van der Waals surface area (Å²) < 4.78 is 32.6. The number of benzene rings is 2. The summed E-state index contributed by atoms with van der Waals surface area (Å²) in [6.07, 6.45) is 2.78. The molecule has 2 aromatic rings. The van der Waals surface area contributed by atoms with Crippen molar-refractivity contribution in [3.05, 3.63) is 48.0 Å². The molecule has 2 heterocycles. The average molecular weight is 458 g/mol. The molecule has 2 aliphatic rings. The molecule has 4 rings (SSSR count). The standard InChI is InChI=1S/C23H27N3O5S/c1-16(2)26-20-14-18(8-11-21(20)31-15-22(26)27)24-23(28)17-6-9-19(10-7-17)32(29,30)25-12-4-3-5-13-25/h6-11,14,16H,3-5,12-13,15H2,1-2H3,(H,24,28). The minimum atomic E-state index is -3.54. The van der Waals surface area contributed by atoms with Crippen LogP contribution in [0.15, 0.2) is 47.4 Å². The average Bonchev–Trinajstić information content (AvgIpc) is 2.79. The maximum absolute atomic E-state index is 12.8. The predicted molar refractivity (Wildman–Crippen MR) is 122 cm³/mol. The van der Waals surface area contributed by atoms with Crippen LogP contribution in [0.5, 0.6) is 5.75 Å². The summed E-state index contributed by atoms with van der Waals surface area (Å²) in [5.74, 6) is 0.0797. The molecular formula is C23H27N3O5S. The highest BCUT2D eigenvalue weighted by atomic mass is 32.2. The van der Waals surface area contributed by atoms with Gasteiger partial charge in [-0.25, -0.2) is 8.42 Å². The molecule has 0 bridgehead atoms. The van der Waals surface area contributed by atoms with Crippen molar-refractivity contribution in [3.8, 4) is 5.75 Å². The lowest BCUT2D eigenvalue weighted by molar-refractivity contribution is -0.121. The molecule has 170 valence electrons. The van der Waals surface area contributed by atoms with E-state index in [0.29, 0.717) is 35.8 Å². The number of anilines is 2. The van der Waals surface area contributed by atoms with Crippen LogP contribution in [-0.4, -0.2) is 50.3 Å². The number of carbonyl (C=O) groups is 2. The molecule has 9 heteroatoms. The van der Waals surface area contributed by atoms with Crippen molar-refractivity contribution in [3.63, 3.8) is 0 Å². The molecule has 0 unspecified atom stereocenters. The van der Waals surface area contributed by atoms with Gasteiger partial charge >= 0.3 is 0 Å². The zero-order chi connectivity index (χ0) is 22.9. The molecule has 32 heavy (non-hydrogen) atoms. The maximum atomic E-state index is 12.8. The Kier molecular flexibility index (Phi) is 6.21. The van der Waals surface area contributed by atoms with E-state index >= 15 is 0 Å². The molecule has 0 radical (unpaired) electrons. The van der Waals surface area contributed by atoms with Gasteiger partial charge in [-0.2, -0.15) is 4.31 Å². The van der Waals surface area contributed by atoms with E-state index in [1.54, 1.807) is 23.1 Å². The van der Waals surface area contributed by atoms with Gasteiger partial charge in [0.05, 0.1) is 10.6 Å². The van der Waals surface area contributed by atoms with E-state index < -0.39 is 10.0 Å². The molecule has 1 fully saturated rings. The molecule has 0 atom stereocenters. The fourth-order valence-electron chi connectivity index (χ4n) is 4.05. The molecule has 2 aromatic carbocycles. The molecule has 2 aliphatic heterocycles. The summed E-state index contributed by atoms with van der Waals surface area (Å²) in [5.41, 5.74) is 1.47. The molecule has 0 saturated carbocycles. The van der Waals surface area contributed by atoms with Crippen molar-refractivity contribution in [1.82, 2.24) is 4.31 Å². The summed E-state index contributed by atoms with van der Waals surface area (Å²) in [5, 5.41) is 2.81. The molecule has 2 amide bonds. The fourth-order valence-corrected chi connectivity index (χ4v) is 5.57. The Hall–Kier alpha value is -2.91. The predicted octanol–water partition coefficient (Wildman–Crippen LogP) is 3.25. The lowest BCUT2D eigenvalue weighted by Crippen LogP contribution is -2.43. The molecule has 1 N–H and O–H groups in total. The first-order valence-electron chi connectivity index (χ1n) is 10.8. The van der Waals surface area contributed by atoms with E-state index in [4.69, 9.17) is 4.74 Å². The third-order valence-electron chi connectivity index (χ3n) is 5.68. The van der Waals surface area contributed by atoms with Crippen molar-refractivity contribution >= 4 is 33.2 Å². The van der Waals surface area contributed by atoms with Crippen LogP contribution in [0.4, 0.5) is 11.4 Å². The Balaban J connectivity index is 1.51. The topological polar surface area (TPSA) is 96.0 Å². The summed E-state index contributed by atoms with van der Waals surface area (Å²) >= 11 is 0. The number of nitrogens with zero attached hydrogens (tertiary/aromatic N) is 2. The van der Waals surface area contributed by atoms with Crippen LogP contribution in [0.1, 0.15) is 43.5 Å². The molecule has 0 spiro atoms. The van der Waals surface area contributed by atoms with Crippen LogP contribution in [0.2, 0.25) is 0 Å². The van der Waals surface area contributed by atoms with Crippen molar-refractivity contribution in [2.75, 3.05) is 29.9 Å². The normalized spacial score (nSPS) is 17.1. The van der Waals surface area contributed by atoms with Gasteiger partial charge in [-0.3, -0.25) is 9.59 Å². The second kappa shape index (κ2) is 8.91. The van der Waals surface area contributed by atoms with Crippen LogP contribution in [0, 0.1) is 0 Å². The van der Waals surface area contributed by atoms with Gasteiger partial charge in [-0.15, -0.1) is 0 Å². The van der Waals surface area contributed by atoms with E-state index in [9.17, 15) is 18.0 Å². The van der Waals surface area contributed by atoms with Gasteiger partial charge < -0.3 is 15.0 Å². The summed E-state index contributed by atoms with van der Waals surface area (Å²) in [6, 6.07) is 11.1. The van der Waals surface area contributed by atoms with Crippen LogP contribution in [0.25, 0.3) is 0 Å². The molecule has 0 aromatic heterocycles. The van der Waals surface area contributed by atoms with E-state index in [0.717, 1.165) is 19.3 Å². The summed E-state index contributed by atoms with van der Waals surface area (Å²) in [6.45, 7) is 4.88. The number of amides is 2. The Morgan fingerprint density at radius 3 is 2.38 bits per heavy atom. The molecular weight excluding hydrogens is 430 g/mol. The lowest BCUT2D eigenvalue weighted by atomic mass is 10.1. The molecule has 1 saturated heterocycles. The summed E-state index contributed by atoms with van der Waals surface area (Å²) in [7, 11) is -3.54. The van der Waals surface area contributed by atoms with Gasteiger partial charge in [0.25, 0.3) is 11.8 Å². The van der Waals surface area contributed by atoms with Crippen molar-refractivity contribution in [2.45, 2.75) is 44.0 Å². The number of carbonyl (C=O) groups excluding carboxylic acids is 2. The van der Waals surface area contributed by atoms with Gasteiger partial charge in [0, 0.05) is 30.4 Å². The number of hydrogen-bond acceptors (Lipinski definition) is 5. The highest BCUT2D eigenvalue weighted by Crippen LogP contribution is 2.36. The lowest BCUT2D eigenvalue weighted by Gasteiger charge is -2.32. The Morgan fingerprint density at radius 1 is 1.03 bits per heavy atom. The molecule has 0 aliphatic carbocycles. The minimum absolute atomic E-state index is 0.0103. The zero-order valence-corrected chi connectivity index (χ0v) is 19.0. The number of nitrogens with one attached hydrogen (secondary N) is 1. The van der Waals surface area contributed by atoms with Crippen LogP contribution >= 0.6 is 0 Å². The van der Waals surface area contributed by atoms with E-state index in [1.807, 2.05) is 13.8 Å². The van der Waals surface area contributed by atoms with Crippen LogP contribution < -0.4 is 15.0 Å². The highest BCUT2D eigenvalue weighted by molar-refractivity contribution is 7.89. The van der Waals surface area contributed by atoms with Gasteiger partial charge in [-0.05, 0) is 69.2 Å². The number of ether oxygens (including phenoxy) is 1. The Labute approximate surface area is 188 Å². The maximum Gasteiger partial charge on any atom is 0.265 e. The third kappa shape index (κ3) is 4.35. The van der Waals surface area contributed by atoms with Crippen LogP contribution in [-0.2, 0) is 14.8 Å². The number of rotatable bonds is 5. The number of sulfonamides is 1. The quantitative estimate of drug-likeness (QED) is 0.744. The number of piperidine rings is 1. The fraction of sp³-hybridized carbons (Fsp3) is 0.391. The smallest absolute Gasteiger partial charge is 0.265 e. The van der Waals surface area contributed by atoms with Gasteiger partial charge in [0.15, 0.2) is 6.61 Å². The third-order valence-corrected chi connectivity index (χ3v) is 7.59. The first-order chi connectivity index (χ1) is 15.3. The second-order valence-corrected chi connectivity index (χ2v) is 10.2. The first-order valence-corrected chi connectivity index (χ1v) is 12.2. The van der Waals surface area contributed by atoms with Gasteiger partial charge in [0.2, 0.25) is 10.0 Å². The van der Waals surface area contributed by atoms with Gasteiger partial charge in [-0.1, -0.05) is 6.42 Å². The zero-order valence-electron chi connectivity index (χ0n) is 18.2. The van der Waals surface area contributed by atoms with Crippen molar-refractivity contribution in [1.29, 1.82) is 0 Å². The van der Waals surface area contributed by atoms with E-state index in [-0.39, 0.29) is 29.4 Å². The van der Waals surface area contributed by atoms with Crippen LogP contribution in [0.3, 0.4) is 0 Å². The van der Waals surface area contributed by atoms with Gasteiger partial charge in [0.1, 0.15) is 5.75 Å². The summed E-state index contributed by atoms with van der Waals surface area (Å²) in [4.78, 5) is 26.8. The monoisotopic (exact) mass is 457 g/mol. The van der Waals surface area contributed by atoms with Crippen molar-refractivity contribution in [2.24, 2.45) is 0 Å². The van der Waals surface area contributed by atoms with Crippen molar-refractivity contribution < 1.29 is 22.7 Å². The Bertz CT molecular complexity index is 1120. The van der Waals surface area contributed by atoms with E-state index in [2.05, 4.69) is 5.32 Å². The molecule has 8 nitrogen and oxygen atoms in total. The first kappa shape index (κ1) is 22.3.